The monoisotopic (exact) mass is 516 g/mol. The number of benzene rings is 1. The fourth-order valence-corrected chi connectivity index (χ4v) is 4.17. The first-order valence-corrected chi connectivity index (χ1v) is 12.3. The molecular weight excluding hydrogens is 485 g/mol. The molecule has 0 unspecified atom stereocenters. The number of carbonyl (C=O) groups excluding carboxylic acids is 1. The summed E-state index contributed by atoms with van der Waals surface area (Å²) in [6, 6.07) is 7.26. The normalized spacial score (nSPS) is 16.3. The van der Waals surface area contributed by atoms with E-state index in [4.69, 9.17) is 4.74 Å². The molecule has 198 valence electrons. The number of aryl methyl sites for hydroxylation is 1. The van der Waals surface area contributed by atoms with Crippen LogP contribution in [0.25, 0.3) is 11.3 Å². The number of alkyl halides is 3. The Balaban J connectivity index is 1.64. The Labute approximate surface area is 214 Å². The first kappa shape index (κ1) is 26.5. The summed E-state index contributed by atoms with van der Waals surface area (Å²) in [5.74, 6) is 0.654. The second-order valence-electron chi connectivity index (χ2n) is 8.86. The Morgan fingerprint density at radius 1 is 1.14 bits per heavy atom. The van der Waals surface area contributed by atoms with Crippen LogP contribution in [0.5, 0.6) is 0 Å². The van der Waals surface area contributed by atoms with E-state index < -0.39 is 17.7 Å². The quantitative estimate of drug-likeness (QED) is 0.566. The predicted octanol–water partition coefficient (Wildman–Crippen LogP) is 4.37. The van der Waals surface area contributed by atoms with E-state index in [0.717, 1.165) is 23.0 Å². The lowest BCUT2D eigenvalue weighted by Crippen LogP contribution is -2.37. The number of aromatic nitrogens is 2. The third kappa shape index (κ3) is 6.40. The number of hydrogen-bond acceptors (Lipinski definition) is 7. The van der Waals surface area contributed by atoms with Crippen LogP contribution in [0, 0.1) is 6.92 Å². The van der Waals surface area contributed by atoms with E-state index in [0.29, 0.717) is 56.7 Å². The van der Waals surface area contributed by atoms with Crippen molar-refractivity contribution >= 4 is 23.4 Å². The number of ether oxygens (including phenoxy) is 1. The van der Waals surface area contributed by atoms with Crippen molar-refractivity contribution in [1.82, 2.24) is 14.9 Å². The van der Waals surface area contributed by atoms with Gasteiger partial charge in [-0.3, -0.25) is 4.79 Å². The summed E-state index contributed by atoms with van der Waals surface area (Å²) < 4.78 is 45.6. The summed E-state index contributed by atoms with van der Waals surface area (Å²) in [6.07, 6.45) is -2.13. The molecule has 1 saturated heterocycles. The van der Waals surface area contributed by atoms with Crippen LogP contribution in [0.1, 0.15) is 19.4 Å². The molecule has 2 aromatic rings. The van der Waals surface area contributed by atoms with Gasteiger partial charge in [-0.25, -0.2) is 4.98 Å². The Bertz CT molecular complexity index is 1210. The number of rotatable bonds is 7. The average molecular weight is 517 g/mol. The lowest BCUT2D eigenvalue weighted by molar-refractivity contribution is -0.112. The number of hydrogen-bond donors (Lipinski definition) is 2. The number of amides is 1. The molecule has 0 atom stereocenters. The molecule has 0 saturated carbocycles. The topological polar surface area (TPSA) is 82.6 Å². The number of likely N-dealkylation sites (N-methyl/N-ethyl adjacent to an activating group) is 1. The highest BCUT2D eigenvalue weighted by Gasteiger charge is 2.36. The van der Waals surface area contributed by atoms with Crippen LogP contribution in [0.4, 0.5) is 30.6 Å². The van der Waals surface area contributed by atoms with E-state index in [1.165, 1.54) is 11.1 Å². The van der Waals surface area contributed by atoms with Crippen molar-refractivity contribution < 1.29 is 22.7 Å². The van der Waals surface area contributed by atoms with Gasteiger partial charge < -0.3 is 25.2 Å². The summed E-state index contributed by atoms with van der Waals surface area (Å²) >= 11 is 0. The highest BCUT2D eigenvalue weighted by atomic mass is 19.4. The fraction of sp³-hybridized carbons (Fsp3) is 0.423. The number of nitrogens with one attached hydrogen (secondary N) is 2. The number of halogens is 3. The molecule has 1 amide bonds. The highest BCUT2D eigenvalue weighted by Crippen LogP contribution is 2.32. The zero-order chi connectivity index (χ0) is 26.6. The second-order valence-corrected chi connectivity index (χ2v) is 8.86. The maximum atomic E-state index is 13.4. The van der Waals surface area contributed by atoms with Crippen LogP contribution in [0.15, 0.2) is 47.7 Å². The van der Waals surface area contributed by atoms with E-state index in [2.05, 4.69) is 25.5 Å². The number of anilines is 3. The highest BCUT2D eigenvalue weighted by molar-refractivity contribution is 6.06. The van der Waals surface area contributed by atoms with E-state index in [1.54, 1.807) is 19.1 Å². The molecule has 4 rings (SSSR count). The molecule has 1 aromatic heterocycles. The van der Waals surface area contributed by atoms with Crippen molar-refractivity contribution in [2.45, 2.75) is 26.9 Å². The van der Waals surface area contributed by atoms with Gasteiger partial charge in [0.25, 0.3) is 5.91 Å². The second kappa shape index (κ2) is 11.2. The van der Waals surface area contributed by atoms with E-state index >= 15 is 0 Å². The summed E-state index contributed by atoms with van der Waals surface area (Å²) in [7, 11) is 0. The third-order valence-corrected chi connectivity index (χ3v) is 6.21. The van der Waals surface area contributed by atoms with Crippen molar-refractivity contribution in [2.24, 2.45) is 0 Å². The molecule has 37 heavy (non-hydrogen) atoms. The molecule has 0 aliphatic carbocycles. The van der Waals surface area contributed by atoms with E-state index in [-0.39, 0.29) is 12.1 Å². The smallest absolute Gasteiger partial charge is 0.378 e. The molecular formula is C26H31F3N6O2. The first-order valence-electron chi connectivity index (χ1n) is 12.3. The molecule has 11 heteroatoms. The van der Waals surface area contributed by atoms with Gasteiger partial charge in [-0.15, -0.1) is 0 Å². The Hall–Kier alpha value is -3.60. The molecule has 2 aliphatic rings. The van der Waals surface area contributed by atoms with Crippen molar-refractivity contribution in [3.05, 3.63) is 53.3 Å². The zero-order valence-corrected chi connectivity index (χ0v) is 21.2. The van der Waals surface area contributed by atoms with Crippen LogP contribution >= 0.6 is 0 Å². The van der Waals surface area contributed by atoms with Gasteiger partial charge in [0.1, 0.15) is 5.82 Å². The Morgan fingerprint density at radius 3 is 2.57 bits per heavy atom. The van der Waals surface area contributed by atoms with Crippen LogP contribution in [-0.2, 0) is 9.53 Å². The molecule has 2 aliphatic heterocycles. The van der Waals surface area contributed by atoms with Crippen LogP contribution < -0.4 is 15.5 Å². The van der Waals surface area contributed by atoms with Gasteiger partial charge in [-0.1, -0.05) is 6.07 Å². The van der Waals surface area contributed by atoms with Crippen LogP contribution in [0.2, 0.25) is 0 Å². The van der Waals surface area contributed by atoms with Gasteiger partial charge in [0, 0.05) is 56.2 Å². The molecule has 2 N–H and O–H groups in total. The molecule has 0 bridgehead atoms. The zero-order valence-electron chi connectivity index (χ0n) is 21.2. The number of nitrogens with zero attached hydrogens (tertiary/aromatic N) is 4. The van der Waals surface area contributed by atoms with Crippen LogP contribution in [0.3, 0.4) is 0 Å². The van der Waals surface area contributed by atoms with Crippen molar-refractivity contribution in [3.63, 3.8) is 0 Å². The van der Waals surface area contributed by atoms with Gasteiger partial charge in [-0.2, -0.15) is 18.2 Å². The Morgan fingerprint density at radius 2 is 1.89 bits per heavy atom. The maximum Gasteiger partial charge on any atom is 0.414 e. The SMILES string of the molecule is CCNc1nc(-c2cc(NC(=O)C3=CN(CC)CC(C(F)(F)F)=C3)ccc2C)cc(N2CCOCC2)n1. The van der Waals surface area contributed by atoms with Gasteiger partial charge >= 0.3 is 6.18 Å². The van der Waals surface area contributed by atoms with Gasteiger partial charge in [-0.05, 0) is 44.5 Å². The molecule has 1 fully saturated rings. The summed E-state index contributed by atoms with van der Waals surface area (Å²) in [5.41, 5.74) is 2.05. The summed E-state index contributed by atoms with van der Waals surface area (Å²) in [6.45, 7) is 9.03. The number of carbonyl (C=O) groups is 1. The standard InChI is InChI=1S/C26H31F3N6O2/c1-4-30-25-32-22(14-23(33-25)35-8-10-37-11-9-35)21-13-20(7-6-17(21)3)31-24(36)18-12-19(26(27,28)29)16-34(5-2)15-18/h6-7,12-15H,4-5,8-11,16H2,1-3H3,(H,31,36)(H,30,32,33). The Kier molecular flexibility index (Phi) is 8.01. The fourth-order valence-electron chi connectivity index (χ4n) is 4.17. The molecule has 1 aromatic carbocycles. The maximum absolute atomic E-state index is 13.4. The van der Waals surface area contributed by atoms with E-state index in [1.807, 2.05) is 26.0 Å². The summed E-state index contributed by atoms with van der Waals surface area (Å²) in [5, 5.41) is 5.92. The van der Waals surface area contributed by atoms with Crippen LogP contribution in [-0.4, -0.2) is 72.9 Å². The van der Waals surface area contributed by atoms with Crippen molar-refractivity contribution in [2.75, 3.05) is 61.5 Å². The lowest BCUT2D eigenvalue weighted by atomic mass is 10.0. The van der Waals surface area contributed by atoms with Gasteiger partial charge in [0.05, 0.1) is 30.1 Å². The minimum atomic E-state index is -4.50. The number of morpholine rings is 1. The largest absolute Gasteiger partial charge is 0.414 e. The minimum absolute atomic E-state index is 0.0476. The minimum Gasteiger partial charge on any atom is -0.378 e. The van der Waals surface area contributed by atoms with Crippen molar-refractivity contribution in [3.8, 4) is 11.3 Å². The molecule has 8 nitrogen and oxygen atoms in total. The lowest BCUT2D eigenvalue weighted by Gasteiger charge is -2.28. The summed E-state index contributed by atoms with van der Waals surface area (Å²) in [4.78, 5) is 25.9. The average Bonchev–Trinajstić information content (AvgIpc) is 2.89. The molecule has 0 radical (unpaired) electrons. The first-order chi connectivity index (χ1) is 17.7. The van der Waals surface area contributed by atoms with Gasteiger partial charge in [0.15, 0.2) is 0 Å². The predicted molar refractivity (Wildman–Crippen MR) is 137 cm³/mol. The molecule has 3 heterocycles. The molecule has 0 spiro atoms. The third-order valence-electron chi connectivity index (χ3n) is 6.21. The van der Waals surface area contributed by atoms with E-state index in [9.17, 15) is 18.0 Å². The van der Waals surface area contributed by atoms with Crippen molar-refractivity contribution in [1.29, 1.82) is 0 Å². The van der Waals surface area contributed by atoms with Gasteiger partial charge in [0.2, 0.25) is 5.95 Å².